The Balaban J connectivity index is 1.51. The summed E-state index contributed by atoms with van der Waals surface area (Å²) in [7, 11) is 0. The number of benzene rings is 2. The number of nitrogens with one attached hydrogen (secondary N) is 2. The number of H-pyrrole nitrogens is 1. The highest BCUT2D eigenvalue weighted by molar-refractivity contribution is 5.94. The second-order valence-electron chi connectivity index (χ2n) is 6.78. The third kappa shape index (κ3) is 3.41. The van der Waals surface area contributed by atoms with Crippen LogP contribution in [0.25, 0.3) is 10.9 Å². The van der Waals surface area contributed by atoms with E-state index in [-0.39, 0.29) is 17.6 Å². The molecule has 27 heavy (non-hydrogen) atoms. The molecule has 0 saturated carbocycles. The maximum Gasteiger partial charge on any atom is 0.416 e. The third-order valence-electron chi connectivity index (χ3n) is 5.00. The predicted molar refractivity (Wildman–Crippen MR) is 93.8 cm³/mol. The Morgan fingerprint density at radius 3 is 2.56 bits per heavy atom. The molecular formula is C20H16F4N2O. The number of halogens is 4. The molecule has 1 unspecified atom stereocenters. The normalized spacial score (nSPS) is 17.0. The lowest BCUT2D eigenvalue weighted by Gasteiger charge is -2.22. The molecule has 3 nitrogen and oxygen atoms in total. The van der Waals surface area contributed by atoms with Crippen molar-refractivity contribution in [2.24, 2.45) is 5.92 Å². The van der Waals surface area contributed by atoms with Crippen LogP contribution in [-0.4, -0.2) is 10.9 Å². The molecule has 1 aliphatic rings. The summed E-state index contributed by atoms with van der Waals surface area (Å²) in [6.07, 6.45) is -2.66. The van der Waals surface area contributed by atoms with Crippen molar-refractivity contribution in [3.8, 4) is 0 Å². The van der Waals surface area contributed by atoms with Crippen LogP contribution in [0, 0.1) is 11.7 Å². The van der Waals surface area contributed by atoms with Crippen molar-refractivity contribution in [1.82, 2.24) is 4.98 Å². The van der Waals surface area contributed by atoms with Crippen molar-refractivity contribution in [3.63, 3.8) is 0 Å². The van der Waals surface area contributed by atoms with Gasteiger partial charge in [-0.3, -0.25) is 4.79 Å². The standard InChI is InChI=1S/C20H16F4N2O/c21-13-4-8-18-16(10-13)15-9-11(1-7-17(15)26-18)19(27)25-14-5-2-12(3-6-14)20(22,23)24/h2-6,8,10-11,26H,1,7,9H2,(H,25,27). The van der Waals surface area contributed by atoms with Crippen LogP contribution < -0.4 is 5.32 Å². The summed E-state index contributed by atoms with van der Waals surface area (Å²) in [5.74, 6) is -0.895. The Morgan fingerprint density at radius 2 is 1.85 bits per heavy atom. The van der Waals surface area contributed by atoms with E-state index in [1.807, 2.05) is 0 Å². The summed E-state index contributed by atoms with van der Waals surface area (Å²) >= 11 is 0. The first kappa shape index (κ1) is 17.6. The fourth-order valence-corrected chi connectivity index (χ4v) is 3.60. The van der Waals surface area contributed by atoms with Gasteiger partial charge in [0.1, 0.15) is 5.82 Å². The molecule has 0 aliphatic heterocycles. The van der Waals surface area contributed by atoms with Crippen molar-refractivity contribution >= 4 is 22.5 Å². The van der Waals surface area contributed by atoms with E-state index in [1.54, 1.807) is 6.07 Å². The van der Waals surface area contributed by atoms with Gasteiger partial charge in [-0.25, -0.2) is 4.39 Å². The van der Waals surface area contributed by atoms with Crippen LogP contribution in [-0.2, 0) is 23.8 Å². The van der Waals surface area contributed by atoms with Gasteiger partial charge in [-0.05, 0) is 67.3 Å². The molecule has 1 amide bonds. The lowest BCUT2D eigenvalue weighted by molar-refractivity contribution is -0.137. The van der Waals surface area contributed by atoms with Gasteiger partial charge in [-0.2, -0.15) is 13.2 Å². The van der Waals surface area contributed by atoms with Gasteiger partial charge in [0.25, 0.3) is 0 Å². The minimum absolute atomic E-state index is 0.244. The first-order chi connectivity index (χ1) is 12.8. The predicted octanol–water partition coefficient (Wildman–Crippen LogP) is 5.07. The van der Waals surface area contributed by atoms with Crippen LogP contribution in [0.15, 0.2) is 42.5 Å². The molecule has 0 saturated heterocycles. The molecule has 0 fully saturated rings. The molecule has 0 bridgehead atoms. The van der Waals surface area contributed by atoms with Crippen LogP contribution in [0.2, 0.25) is 0 Å². The number of aromatic nitrogens is 1. The van der Waals surface area contributed by atoms with E-state index >= 15 is 0 Å². The second kappa shape index (κ2) is 6.40. The quantitative estimate of drug-likeness (QED) is 0.603. The average molecular weight is 376 g/mol. The molecule has 0 radical (unpaired) electrons. The van der Waals surface area contributed by atoms with E-state index in [0.717, 1.165) is 34.3 Å². The fraction of sp³-hybridized carbons (Fsp3) is 0.250. The topological polar surface area (TPSA) is 44.9 Å². The van der Waals surface area contributed by atoms with Gasteiger partial charge in [0.15, 0.2) is 0 Å². The lowest BCUT2D eigenvalue weighted by Crippen LogP contribution is -2.28. The summed E-state index contributed by atoms with van der Waals surface area (Å²) < 4.78 is 51.4. The van der Waals surface area contributed by atoms with Gasteiger partial charge in [0, 0.05) is 28.2 Å². The van der Waals surface area contributed by atoms with E-state index in [9.17, 15) is 22.4 Å². The number of fused-ring (bicyclic) bond motifs is 3. The minimum atomic E-state index is -4.41. The lowest BCUT2D eigenvalue weighted by atomic mass is 9.85. The number of rotatable bonds is 2. The van der Waals surface area contributed by atoms with Gasteiger partial charge < -0.3 is 10.3 Å². The number of hydrogen-bond acceptors (Lipinski definition) is 1. The Hall–Kier alpha value is -2.83. The highest BCUT2D eigenvalue weighted by atomic mass is 19.4. The SMILES string of the molecule is O=C(Nc1ccc(C(F)(F)F)cc1)C1CCc2[nH]c3ccc(F)cc3c2C1. The molecular weight excluding hydrogens is 360 g/mol. The number of alkyl halides is 3. The van der Waals surface area contributed by atoms with Crippen molar-refractivity contribution in [1.29, 1.82) is 0 Å². The second-order valence-corrected chi connectivity index (χ2v) is 6.78. The highest BCUT2D eigenvalue weighted by Crippen LogP contribution is 2.33. The number of hydrogen-bond donors (Lipinski definition) is 2. The largest absolute Gasteiger partial charge is 0.416 e. The monoisotopic (exact) mass is 376 g/mol. The molecule has 1 aromatic heterocycles. The van der Waals surface area contributed by atoms with Gasteiger partial charge in [-0.1, -0.05) is 0 Å². The molecule has 7 heteroatoms. The number of aromatic amines is 1. The maximum absolute atomic E-state index is 13.6. The van der Waals surface area contributed by atoms with Crippen LogP contribution in [0.4, 0.5) is 23.2 Å². The fourth-order valence-electron chi connectivity index (χ4n) is 3.60. The highest BCUT2D eigenvalue weighted by Gasteiger charge is 2.30. The number of anilines is 1. The number of carbonyl (C=O) groups is 1. The van der Waals surface area contributed by atoms with E-state index in [4.69, 9.17) is 0 Å². The zero-order valence-corrected chi connectivity index (χ0v) is 14.2. The first-order valence-corrected chi connectivity index (χ1v) is 8.58. The maximum atomic E-state index is 13.6. The smallest absolute Gasteiger partial charge is 0.358 e. The minimum Gasteiger partial charge on any atom is -0.358 e. The molecule has 3 aromatic rings. The molecule has 140 valence electrons. The van der Waals surface area contributed by atoms with Crippen molar-refractivity contribution in [3.05, 3.63) is 65.1 Å². The Labute approximate surface area is 152 Å². The zero-order valence-electron chi connectivity index (χ0n) is 14.2. The number of carbonyl (C=O) groups excluding carboxylic acids is 1. The van der Waals surface area contributed by atoms with Gasteiger partial charge in [-0.15, -0.1) is 0 Å². The molecule has 0 spiro atoms. The van der Waals surface area contributed by atoms with Gasteiger partial charge in [0.2, 0.25) is 5.91 Å². The summed E-state index contributed by atoms with van der Waals surface area (Å²) in [4.78, 5) is 15.8. The third-order valence-corrected chi connectivity index (χ3v) is 5.00. The van der Waals surface area contributed by atoms with E-state index in [2.05, 4.69) is 10.3 Å². The molecule has 2 aromatic carbocycles. The van der Waals surface area contributed by atoms with Crippen molar-refractivity contribution < 1.29 is 22.4 Å². The summed E-state index contributed by atoms with van der Waals surface area (Å²) in [6.45, 7) is 0. The molecule has 1 aliphatic carbocycles. The number of amides is 1. The number of aryl methyl sites for hydroxylation is 1. The summed E-state index contributed by atoms with van der Waals surface area (Å²) in [5, 5.41) is 3.46. The van der Waals surface area contributed by atoms with E-state index in [1.165, 1.54) is 24.3 Å². The molecule has 1 atom stereocenters. The molecule has 4 rings (SSSR count). The van der Waals surface area contributed by atoms with Crippen LogP contribution in [0.5, 0.6) is 0 Å². The van der Waals surface area contributed by atoms with E-state index < -0.39 is 11.7 Å². The van der Waals surface area contributed by atoms with Gasteiger partial charge in [0.05, 0.1) is 5.56 Å². The Bertz CT molecular complexity index is 1010. The van der Waals surface area contributed by atoms with Crippen molar-refractivity contribution in [2.45, 2.75) is 25.4 Å². The van der Waals surface area contributed by atoms with E-state index in [0.29, 0.717) is 24.9 Å². The van der Waals surface area contributed by atoms with Crippen molar-refractivity contribution in [2.75, 3.05) is 5.32 Å². The van der Waals surface area contributed by atoms with Crippen LogP contribution in [0.1, 0.15) is 23.2 Å². The first-order valence-electron chi connectivity index (χ1n) is 8.58. The molecule has 1 heterocycles. The Morgan fingerprint density at radius 1 is 1.11 bits per heavy atom. The average Bonchev–Trinajstić information content (AvgIpc) is 2.98. The molecule has 2 N–H and O–H groups in total. The summed E-state index contributed by atoms with van der Waals surface area (Å²) in [5.41, 5.74) is 2.34. The van der Waals surface area contributed by atoms with Crippen LogP contribution >= 0.6 is 0 Å². The van der Waals surface area contributed by atoms with Crippen LogP contribution in [0.3, 0.4) is 0 Å². The van der Waals surface area contributed by atoms with Gasteiger partial charge >= 0.3 is 6.18 Å². The Kier molecular flexibility index (Phi) is 4.17. The zero-order chi connectivity index (χ0) is 19.2. The summed E-state index contributed by atoms with van der Waals surface area (Å²) in [6, 6.07) is 8.90.